The van der Waals surface area contributed by atoms with Gasteiger partial charge >= 0.3 is 0 Å². The zero-order valence-electron chi connectivity index (χ0n) is 12.4. The fourth-order valence-electron chi connectivity index (χ4n) is 3.27. The Balaban J connectivity index is 1.84. The Kier molecular flexibility index (Phi) is 3.93. The molecule has 0 fully saturated rings. The van der Waals surface area contributed by atoms with Crippen LogP contribution in [0.2, 0.25) is 0 Å². The van der Waals surface area contributed by atoms with E-state index < -0.39 is 0 Å². The van der Waals surface area contributed by atoms with Gasteiger partial charge in [-0.15, -0.1) is 0 Å². The van der Waals surface area contributed by atoms with E-state index in [1.165, 1.54) is 17.2 Å². The highest BCUT2D eigenvalue weighted by molar-refractivity contribution is 5.42. The third kappa shape index (κ3) is 2.54. The molecule has 0 amide bonds. The van der Waals surface area contributed by atoms with Crippen molar-refractivity contribution in [3.05, 3.63) is 65.0 Å². The topological polar surface area (TPSA) is 21.3 Å². The summed E-state index contributed by atoms with van der Waals surface area (Å²) >= 11 is 0. The monoisotopic (exact) mass is 285 g/mol. The van der Waals surface area contributed by atoms with Crippen molar-refractivity contribution < 1.29 is 9.13 Å². The van der Waals surface area contributed by atoms with Gasteiger partial charge in [-0.3, -0.25) is 0 Å². The largest absolute Gasteiger partial charge is 0.496 e. The Morgan fingerprint density at radius 3 is 2.76 bits per heavy atom. The van der Waals surface area contributed by atoms with Gasteiger partial charge in [0, 0.05) is 11.6 Å². The molecule has 0 spiro atoms. The van der Waals surface area contributed by atoms with Crippen molar-refractivity contribution in [1.82, 2.24) is 5.32 Å². The average molecular weight is 285 g/mol. The Hall–Kier alpha value is -1.87. The van der Waals surface area contributed by atoms with Gasteiger partial charge in [-0.2, -0.15) is 0 Å². The quantitative estimate of drug-likeness (QED) is 0.901. The molecule has 21 heavy (non-hydrogen) atoms. The van der Waals surface area contributed by atoms with E-state index in [1.807, 2.05) is 13.1 Å². The Bertz CT molecular complexity index is 641. The van der Waals surface area contributed by atoms with E-state index in [2.05, 4.69) is 29.6 Å². The standard InChI is InChI=1S/C18H20FNO/c1-20-16(18-15(19)8-5-9-17(18)21-2)11-13-10-12-6-3-4-7-14(12)13/h3-9,13,16,20H,10-11H2,1-2H3. The molecule has 0 saturated heterocycles. The van der Waals surface area contributed by atoms with Gasteiger partial charge in [0.25, 0.3) is 0 Å². The minimum Gasteiger partial charge on any atom is -0.496 e. The second-order valence-corrected chi connectivity index (χ2v) is 5.53. The van der Waals surface area contributed by atoms with Crippen LogP contribution >= 0.6 is 0 Å². The molecule has 2 aromatic rings. The van der Waals surface area contributed by atoms with Crippen LogP contribution in [0.5, 0.6) is 5.75 Å². The number of methoxy groups -OCH3 is 1. The normalized spacial score (nSPS) is 17.8. The first-order valence-electron chi connectivity index (χ1n) is 7.32. The predicted octanol–water partition coefficient (Wildman–Crippen LogP) is 3.82. The van der Waals surface area contributed by atoms with E-state index in [9.17, 15) is 4.39 Å². The molecule has 3 heteroatoms. The third-order valence-corrected chi connectivity index (χ3v) is 4.41. The zero-order valence-corrected chi connectivity index (χ0v) is 12.4. The van der Waals surface area contributed by atoms with Gasteiger partial charge in [0.15, 0.2) is 0 Å². The molecule has 0 aliphatic heterocycles. The highest BCUT2D eigenvalue weighted by Crippen LogP contribution is 2.42. The van der Waals surface area contributed by atoms with E-state index in [4.69, 9.17) is 4.74 Å². The smallest absolute Gasteiger partial charge is 0.131 e. The molecule has 1 aliphatic carbocycles. The van der Waals surface area contributed by atoms with Crippen LogP contribution in [0.1, 0.15) is 35.1 Å². The number of hydrogen-bond acceptors (Lipinski definition) is 2. The molecule has 2 nitrogen and oxygen atoms in total. The Morgan fingerprint density at radius 1 is 1.24 bits per heavy atom. The molecule has 0 saturated carbocycles. The molecule has 1 N–H and O–H groups in total. The molecule has 0 bridgehead atoms. The molecule has 2 unspecified atom stereocenters. The van der Waals surface area contributed by atoms with E-state index in [0.29, 0.717) is 17.2 Å². The molecule has 1 aliphatic rings. The first-order chi connectivity index (χ1) is 10.2. The lowest BCUT2D eigenvalue weighted by Crippen LogP contribution is -2.26. The van der Waals surface area contributed by atoms with Gasteiger partial charge in [0.05, 0.1) is 7.11 Å². The van der Waals surface area contributed by atoms with Gasteiger partial charge in [-0.05, 0) is 49.1 Å². The predicted molar refractivity (Wildman–Crippen MR) is 82.3 cm³/mol. The SMILES string of the molecule is CNC(CC1Cc2ccccc21)c1c(F)cccc1OC. The molecule has 0 aromatic heterocycles. The van der Waals surface area contributed by atoms with E-state index in [1.54, 1.807) is 13.2 Å². The first kappa shape index (κ1) is 14.1. The molecular weight excluding hydrogens is 265 g/mol. The summed E-state index contributed by atoms with van der Waals surface area (Å²) in [7, 11) is 3.46. The average Bonchev–Trinajstić information content (AvgIpc) is 2.49. The summed E-state index contributed by atoms with van der Waals surface area (Å²) in [6.07, 6.45) is 1.95. The third-order valence-electron chi connectivity index (χ3n) is 4.41. The van der Waals surface area contributed by atoms with E-state index in [-0.39, 0.29) is 11.9 Å². The second kappa shape index (κ2) is 5.86. The van der Waals surface area contributed by atoms with Crippen molar-refractivity contribution in [2.24, 2.45) is 0 Å². The number of rotatable bonds is 5. The highest BCUT2D eigenvalue weighted by atomic mass is 19.1. The number of nitrogens with one attached hydrogen (secondary N) is 1. The maximum atomic E-state index is 14.2. The van der Waals surface area contributed by atoms with Crippen LogP contribution in [-0.2, 0) is 6.42 Å². The Morgan fingerprint density at radius 2 is 2.05 bits per heavy atom. The van der Waals surface area contributed by atoms with Crippen LogP contribution < -0.4 is 10.1 Å². The van der Waals surface area contributed by atoms with Crippen molar-refractivity contribution in [3.63, 3.8) is 0 Å². The summed E-state index contributed by atoms with van der Waals surface area (Å²) in [5.41, 5.74) is 3.44. The molecule has 0 heterocycles. The van der Waals surface area contributed by atoms with Gasteiger partial charge in [-0.25, -0.2) is 4.39 Å². The van der Waals surface area contributed by atoms with Crippen LogP contribution in [0.3, 0.4) is 0 Å². The van der Waals surface area contributed by atoms with Crippen molar-refractivity contribution >= 4 is 0 Å². The zero-order chi connectivity index (χ0) is 14.8. The maximum Gasteiger partial charge on any atom is 0.131 e. The van der Waals surface area contributed by atoms with Gasteiger partial charge < -0.3 is 10.1 Å². The van der Waals surface area contributed by atoms with Crippen LogP contribution in [-0.4, -0.2) is 14.2 Å². The summed E-state index contributed by atoms with van der Waals surface area (Å²) in [6, 6.07) is 13.4. The molecule has 3 rings (SSSR count). The van der Waals surface area contributed by atoms with Crippen LogP contribution in [0.4, 0.5) is 4.39 Å². The van der Waals surface area contributed by atoms with Crippen LogP contribution in [0.15, 0.2) is 42.5 Å². The van der Waals surface area contributed by atoms with Crippen LogP contribution in [0, 0.1) is 5.82 Å². The first-order valence-corrected chi connectivity index (χ1v) is 7.32. The van der Waals surface area contributed by atoms with Crippen molar-refractivity contribution in [3.8, 4) is 5.75 Å². The molecule has 2 aromatic carbocycles. The number of hydrogen-bond donors (Lipinski definition) is 1. The number of halogens is 1. The number of ether oxygens (including phenoxy) is 1. The van der Waals surface area contributed by atoms with Crippen LogP contribution in [0.25, 0.3) is 0 Å². The highest BCUT2D eigenvalue weighted by Gasteiger charge is 2.30. The summed E-state index contributed by atoms with van der Waals surface area (Å²) in [6.45, 7) is 0. The lowest BCUT2D eigenvalue weighted by Gasteiger charge is -2.33. The second-order valence-electron chi connectivity index (χ2n) is 5.53. The summed E-state index contributed by atoms with van der Waals surface area (Å²) < 4.78 is 19.6. The molecular formula is C18H20FNO. The van der Waals surface area contributed by atoms with Crippen molar-refractivity contribution in [1.29, 1.82) is 0 Å². The molecule has 110 valence electrons. The maximum absolute atomic E-state index is 14.2. The molecule has 2 atom stereocenters. The number of fused-ring (bicyclic) bond motifs is 1. The van der Waals surface area contributed by atoms with E-state index in [0.717, 1.165) is 12.8 Å². The lowest BCUT2D eigenvalue weighted by atomic mass is 9.73. The summed E-state index contributed by atoms with van der Waals surface area (Å²) in [4.78, 5) is 0. The van der Waals surface area contributed by atoms with Gasteiger partial charge in [-0.1, -0.05) is 30.3 Å². The number of benzene rings is 2. The van der Waals surface area contributed by atoms with Gasteiger partial charge in [0.1, 0.15) is 11.6 Å². The molecule has 0 radical (unpaired) electrons. The van der Waals surface area contributed by atoms with E-state index >= 15 is 0 Å². The van der Waals surface area contributed by atoms with Gasteiger partial charge in [0.2, 0.25) is 0 Å². The minimum absolute atomic E-state index is 0.0421. The fourth-order valence-corrected chi connectivity index (χ4v) is 3.27. The minimum atomic E-state index is -0.207. The lowest BCUT2D eigenvalue weighted by molar-refractivity contribution is 0.378. The Labute approximate surface area is 125 Å². The van der Waals surface area contributed by atoms with Crippen molar-refractivity contribution in [2.45, 2.75) is 24.8 Å². The summed E-state index contributed by atoms with van der Waals surface area (Å²) in [5, 5.41) is 3.24. The summed E-state index contributed by atoms with van der Waals surface area (Å²) in [5.74, 6) is 0.895. The van der Waals surface area contributed by atoms with Crippen molar-refractivity contribution in [2.75, 3.05) is 14.2 Å². The fraction of sp³-hybridized carbons (Fsp3) is 0.333.